The molecule has 0 saturated carbocycles. The Hall–Kier alpha value is -1.89. The second-order valence-electron chi connectivity index (χ2n) is 3.97. The summed E-state index contributed by atoms with van der Waals surface area (Å²) >= 11 is 5.97. The maximum atomic E-state index is 11.6. The van der Waals surface area contributed by atoms with E-state index < -0.39 is 0 Å². The van der Waals surface area contributed by atoms with Crippen LogP contribution in [-0.2, 0) is 14.1 Å². The van der Waals surface area contributed by atoms with Crippen LogP contribution in [0.3, 0.4) is 0 Å². The molecule has 2 rings (SSSR count). The summed E-state index contributed by atoms with van der Waals surface area (Å²) in [6.07, 6.45) is 3.12. The second kappa shape index (κ2) is 4.77. The van der Waals surface area contributed by atoms with Gasteiger partial charge in [0.15, 0.2) is 5.82 Å². The lowest BCUT2D eigenvalue weighted by Gasteiger charge is -2.15. The molecular weight excluding hydrogens is 256 g/mol. The highest BCUT2D eigenvalue weighted by Gasteiger charge is 2.14. The van der Waals surface area contributed by atoms with Gasteiger partial charge in [-0.05, 0) is 6.92 Å². The molecular formula is C10H13ClN6O. The minimum absolute atomic E-state index is 0.113. The highest BCUT2D eigenvalue weighted by molar-refractivity contribution is 6.32. The second-order valence-corrected chi connectivity index (χ2v) is 4.35. The summed E-state index contributed by atoms with van der Waals surface area (Å²) < 4.78 is 2.97. The van der Waals surface area contributed by atoms with Crippen LogP contribution in [0.15, 0.2) is 17.3 Å². The first-order chi connectivity index (χ1) is 8.50. The Labute approximate surface area is 108 Å². The van der Waals surface area contributed by atoms with Crippen molar-refractivity contribution in [2.75, 3.05) is 5.32 Å². The third-order valence-corrected chi connectivity index (χ3v) is 2.95. The molecule has 96 valence electrons. The molecule has 0 fully saturated rings. The van der Waals surface area contributed by atoms with E-state index in [0.29, 0.717) is 5.69 Å². The minimum atomic E-state index is -0.341. The van der Waals surface area contributed by atoms with Crippen LogP contribution in [0.2, 0.25) is 5.02 Å². The molecule has 0 aromatic carbocycles. The van der Waals surface area contributed by atoms with Crippen molar-refractivity contribution in [3.63, 3.8) is 0 Å². The van der Waals surface area contributed by atoms with E-state index >= 15 is 0 Å². The molecule has 0 bridgehead atoms. The Balaban J connectivity index is 2.28. The van der Waals surface area contributed by atoms with Crippen LogP contribution in [0.5, 0.6) is 0 Å². The molecule has 7 nitrogen and oxygen atoms in total. The molecule has 0 aliphatic rings. The Morgan fingerprint density at radius 2 is 2.17 bits per heavy atom. The van der Waals surface area contributed by atoms with E-state index in [1.165, 1.54) is 10.9 Å². The van der Waals surface area contributed by atoms with Crippen molar-refractivity contribution in [1.29, 1.82) is 0 Å². The van der Waals surface area contributed by atoms with Crippen molar-refractivity contribution >= 4 is 17.3 Å². The molecule has 0 amide bonds. The average molecular weight is 269 g/mol. The van der Waals surface area contributed by atoms with Crippen molar-refractivity contribution in [3.8, 4) is 0 Å². The van der Waals surface area contributed by atoms with Gasteiger partial charge < -0.3 is 9.88 Å². The topological polar surface area (TPSA) is 77.6 Å². The Kier molecular flexibility index (Phi) is 3.33. The van der Waals surface area contributed by atoms with E-state index in [0.717, 1.165) is 5.82 Å². The molecule has 1 atom stereocenters. The molecule has 18 heavy (non-hydrogen) atoms. The van der Waals surface area contributed by atoms with Crippen molar-refractivity contribution < 1.29 is 0 Å². The Morgan fingerprint density at radius 1 is 1.44 bits per heavy atom. The van der Waals surface area contributed by atoms with Crippen molar-refractivity contribution in [2.24, 2.45) is 14.1 Å². The minimum Gasteiger partial charge on any atom is -0.373 e. The van der Waals surface area contributed by atoms with Crippen LogP contribution < -0.4 is 10.9 Å². The molecule has 2 heterocycles. The van der Waals surface area contributed by atoms with Gasteiger partial charge in [0.05, 0.1) is 17.9 Å². The van der Waals surface area contributed by atoms with Gasteiger partial charge in [0.25, 0.3) is 5.56 Å². The van der Waals surface area contributed by atoms with Gasteiger partial charge in [0, 0.05) is 14.1 Å². The number of rotatable bonds is 3. The molecule has 2 aromatic rings. The van der Waals surface area contributed by atoms with Gasteiger partial charge in [0.1, 0.15) is 11.3 Å². The standard InChI is InChI=1S/C10H13ClN6O/c1-6(9-15-12-5-16(9)2)14-7-4-13-17(3)10(18)8(7)11/h4-6,14H,1-3H3. The van der Waals surface area contributed by atoms with Gasteiger partial charge in [-0.15, -0.1) is 10.2 Å². The van der Waals surface area contributed by atoms with Crippen LogP contribution in [0.1, 0.15) is 18.8 Å². The Morgan fingerprint density at radius 3 is 2.78 bits per heavy atom. The zero-order chi connectivity index (χ0) is 13.3. The maximum absolute atomic E-state index is 11.6. The SMILES string of the molecule is CC(Nc1cnn(C)c(=O)c1Cl)c1nncn1C. The number of nitrogens with zero attached hydrogens (tertiary/aromatic N) is 5. The summed E-state index contributed by atoms with van der Waals surface area (Å²) in [4.78, 5) is 11.6. The van der Waals surface area contributed by atoms with Crippen LogP contribution in [0.25, 0.3) is 0 Å². The molecule has 0 saturated heterocycles. The van der Waals surface area contributed by atoms with Crippen molar-refractivity contribution in [3.05, 3.63) is 33.7 Å². The van der Waals surface area contributed by atoms with Crippen LogP contribution >= 0.6 is 11.6 Å². The zero-order valence-corrected chi connectivity index (χ0v) is 11.0. The number of halogens is 1. The fraction of sp³-hybridized carbons (Fsp3) is 0.400. The van der Waals surface area contributed by atoms with E-state index in [2.05, 4.69) is 20.6 Å². The van der Waals surface area contributed by atoms with E-state index in [4.69, 9.17) is 11.6 Å². The first kappa shape index (κ1) is 12.6. The maximum Gasteiger partial charge on any atom is 0.287 e. The fourth-order valence-electron chi connectivity index (χ4n) is 1.59. The third kappa shape index (κ3) is 2.21. The molecule has 0 aliphatic carbocycles. The number of aryl methyl sites for hydroxylation is 2. The zero-order valence-electron chi connectivity index (χ0n) is 10.3. The molecule has 2 aromatic heterocycles. The van der Waals surface area contributed by atoms with Crippen molar-refractivity contribution in [1.82, 2.24) is 24.5 Å². The third-order valence-electron chi connectivity index (χ3n) is 2.58. The summed E-state index contributed by atoms with van der Waals surface area (Å²) in [5.41, 5.74) is 0.141. The van der Waals surface area contributed by atoms with Gasteiger partial charge in [0.2, 0.25) is 0 Å². The number of hydrogen-bond donors (Lipinski definition) is 1. The fourth-order valence-corrected chi connectivity index (χ4v) is 1.82. The predicted molar refractivity (Wildman–Crippen MR) is 67.5 cm³/mol. The van der Waals surface area contributed by atoms with Gasteiger partial charge in [-0.1, -0.05) is 11.6 Å². The monoisotopic (exact) mass is 268 g/mol. The smallest absolute Gasteiger partial charge is 0.287 e. The normalized spacial score (nSPS) is 12.4. The first-order valence-electron chi connectivity index (χ1n) is 5.33. The lowest BCUT2D eigenvalue weighted by Crippen LogP contribution is -2.22. The van der Waals surface area contributed by atoms with Gasteiger partial charge >= 0.3 is 0 Å². The van der Waals surface area contributed by atoms with E-state index in [9.17, 15) is 4.79 Å². The Bertz CT molecular complexity index is 619. The summed E-state index contributed by atoms with van der Waals surface area (Å²) in [6.45, 7) is 1.90. The number of anilines is 1. The highest BCUT2D eigenvalue weighted by atomic mass is 35.5. The average Bonchev–Trinajstić information content (AvgIpc) is 2.76. The number of hydrogen-bond acceptors (Lipinski definition) is 5. The summed E-state index contributed by atoms with van der Waals surface area (Å²) in [5.74, 6) is 0.742. The summed E-state index contributed by atoms with van der Waals surface area (Å²) in [7, 11) is 3.39. The van der Waals surface area contributed by atoms with Gasteiger partial charge in [-0.25, -0.2) is 4.68 Å². The van der Waals surface area contributed by atoms with E-state index in [1.807, 2.05) is 14.0 Å². The quantitative estimate of drug-likeness (QED) is 0.888. The predicted octanol–water partition coefficient (Wildman–Crippen LogP) is 0.735. The first-order valence-corrected chi connectivity index (χ1v) is 5.70. The largest absolute Gasteiger partial charge is 0.373 e. The lowest BCUT2D eigenvalue weighted by atomic mass is 10.3. The number of aromatic nitrogens is 5. The summed E-state index contributed by atoms with van der Waals surface area (Å²) in [5, 5.41) is 14.9. The lowest BCUT2D eigenvalue weighted by molar-refractivity contribution is 0.696. The molecule has 1 N–H and O–H groups in total. The molecule has 0 aliphatic heterocycles. The molecule has 1 unspecified atom stereocenters. The van der Waals surface area contributed by atoms with E-state index in [-0.39, 0.29) is 16.6 Å². The highest BCUT2D eigenvalue weighted by Crippen LogP contribution is 2.21. The molecule has 0 spiro atoms. The molecule has 0 radical (unpaired) electrons. The van der Waals surface area contributed by atoms with E-state index in [1.54, 1.807) is 17.9 Å². The van der Waals surface area contributed by atoms with Crippen molar-refractivity contribution in [2.45, 2.75) is 13.0 Å². The molecule has 8 heteroatoms. The van der Waals surface area contributed by atoms with Crippen LogP contribution in [0.4, 0.5) is 5.69 Å². The van der Waals surface area contributed by atoms with Gasteiger partial charge in [-0.3, -0.25) is 4.79 Å². The summed E-state index contributed by atoms with van der Waals surface area (Å²) in [6, 6.07) is -0.135. The number of nitrogens with one attached hydrogen (secondary N) is 1. The van der Waals surface area contributed by atoms with Crippen LogP contribution in [0, 0.1) is 0 Å². The van der Waals surface area contributed by atoms with Gasteiger partial charge in [-0.2, -0.15) is 5.10 Å². The van der Waals surface area contributed by atoms with Crippen LogP contribution in [-0.4, -0.2) is 24.5 Å².